The molecule has 1 N–H and O–H groups in total. The maximum absolute atomic E-state index is 8.78. The molecule has 0 saturated carbocycles. The summed E-state index contributed by atoms with van der Waals surface area (Å²) in [5.74, 6) is 0.693. The van der Waals surface area contributed by atoms with Gasteiger partial charge < -0.3 is 10.1 Å². The molecule has 0 aliphatic carbocycles. The molecule has 0 aromatic heterocycles. The second-order valence-corrected chi connectivity index (χ2v) is 4.86. The van der Waals surface area contributed by atoms with Crippen molar-refractivity contribution in [2.75, 3.05) is 25.1 Å². The average molecular weight is 246 g/mol. The minimum absolute atomic E-state index is 0.693. The monoisotopic (exact) mass is 246 g/mol. The first kappa shape index (κ1) is 14.5. The Morgan fingerprint density at radius 3 is 2.72 bits per heavy atom. The van der Waals surface area contributed by atoms with Gasteiger partial charge in [0.1, 0.15) is 0 Å². The van der Waals surface area contributed by atoms with Gasteiger partial charge in [-0.15, -0.1) is 0 Å². The Kier molecular flexibility index (Phi) is 6.24. The van der Waals surface area contributed by atoms with E-state index in [0.717, 1.165) is 30.8 Å². The molecule has 0 aliphatic rings. The number of nitriles is 1. The first-order valence-corrected chi connectivity index (χ1v) is 6.46. The van der Waals surface area contributed by atoms with Gasteiger partial charge in [-0.05, 0) is 43.0 Å². The van der Waals surface area contributed by atoms with Crippen molar-refractivity contribution in [1.82, 2.24) is 0 Å². The van der Waals surface area contributed by atoms with Crippen molar-refractivity contribution in [2.24, 2.45) is 5.92 Å². The zero-order chi connectivity index (χ0) is 13.4. The normalized spacial score (nSPS) is 10.4. The summed E-state index contributed by atoms with van der Waals surface area (Å²) in [6.07, 6.45) is 1.11. The first-order valence-electron chi connectivity index (χ1n) is 6.46. The Labute approximate surface area is 110 Å². The topological polar surface area (TPSA) is 45.0 Å². The lowest BCUT2D eigenvalue weighted by atomic mass is 10.1. The molecule has 0 amide bonds. The average Bonchev–Trinajstić information content (AvgIpc) is 2.34. The molecule has 1 aromatic rings. The minimum Gasteiger partial charge on any atom is -0.383 e. The summed E-state index contributed by atoms with van der Waals surface area (Å²) in [7, 11) is 0. The molecular weight excluding hydrogens is 224 g/mol. The molecule has 0 unspecified atom stereocenters. The number of anilines is 1. The summed E-state index contributed by atoms with van der Waals surface area (Å²) in [6.45, 7) is 8.73. The summed E-state index contributed by atoms with van der Waals surface area (Å²) < 4.78 is 5.54. The van der Waals surface area contributed by atoms with E-state index in [1.54, 1.807) is 0 Å². The van der Waals surface area contributed by atoms with Crippen LogP contribution in [-0.2, 0) is 4.74 Å². The van der Waals surface area contributed by atoms with E-state index in [0.29, 0.717) is 18.1 Å². The number of ether oxygens (including phenoxy) is 1. The van der Waals surface area contributed by atoms with Gasteiger partial charge in [-0.2, -0.15) is 5.26 Å². The largest absolute Gasteiger partial charge is 0.383 e. The van der Waals surface area contributed by atoms with Crippen LogP contribution in [-0.4, -0.2) is 19.8 Å². The SMILES string of the molecule is Cc1cc(C#N)ccc1NCCOCCC(C)C. The zero-order valence-corrected chi connectivity index (χ0v) is 11.5. The third kappa shape index (κ3) is 5.20. The van der Waals surface area contributed by atoms with Gasteiger partial charge in [-0.3, -0.25) is 0 Å². The van der Waals surface area contributed by atoms with Gasteiger partial charge in [0.25, 0.3) is 0 Å². The number of benzene rings is 1. The summed E-state index contributed by atoms with van der Waals surface area (Å²) in [4.78, 5) is 0. The molecule has 3 nitrogen and oxygen atoms in total. The van der Waals surface area contributed by atoms with Crippen LogP contribution in [0.2, 0.25) is 0 Å². The van der Waals surface area contributed by atoms with Crippen molar-refractivity contribution in [3.63, 3.8) is 0 Å². The third-order valence-corrected chi connectivity index (χ3v) is 2.76. The lowest BCUT2D eigenvalue weighted by molar-refractivity contribution is 0.132. The van der Waals surface area contributed by atoms with Crippen molar-refractivity contribution in [1.29, 1.82) is 5.26 Å². The zero-order valence-electron chi connectivity index (χ0n) is 11.5. The number of rotatable bonds is 7. The van der Waals surface area contributed by atoms with Crippen LogP contribution in [0.3, 0.4) is 0 Å². The van der Waals surface area contributed by atoms with Crippen molar-refractivity contribution in [3.8, 4) is 6.07 Å². The minimum atomic E-state index is 0.693. The summed E-state index contributed by atoms with van der Waals surface area (Å²) in [6, 6.07) is 7.80. The Bertz CT molecular complexity index is 407. The summed E-state index contributed by atoms with van der Waals surface area (Å²) in [5, 5.41) is 12.1. The molecular formula is C15H22N2O. The van der Waals surface area contributed by atoms with Crippen LogP contribution in [0.25, 0.3) is 0 Å². The lowest BCUT2D eigenvalue weighted by Crippen LogP contribution is -2.11. The summed E-state index contributed by atoms with van der Waals surface area (Å²) in [5.41, 5.74) is 2.86. The van der Waals surface area contributed by atoms with Gasteiger partial charge in [0.05, 0.1) is 18.2 Å². The molecule has 0 saturated heterocycles. The predicted molar refractivity (Wildman–Crippen MR) is 74.7 cm³/mol. The molecule has 18 heavy (non-hydrogen) atoms. The van der Waals surface area contributed by atoms with Gasteiger partial charge in [0, 0.05) is 18.8 Å². The number of hydrogen-bond donors (Lipinski definition) is 1. The number of nitrogens with zero attached hydrogens (tertiary/aromatic N) is 1. The van der Waals surface area contributed by atoms with E-state index in [2.05, 4.69) is 25.2 Å². The second kappa shape index (κ2) is 7.73. The number of hydrogen-bond acceptors (Lipinski definition) is 3. The highest BCUT2D eigenvalue weighted by molar-refractivity contribution is 5.53. The molecule has 1 rings (SSSR count). The van der Waals surface area contributed by atoms with E-state index < -0.39 is 0 Å². The van der Waals surface area contributed by atoms with Crippen LogP contribution < -0.4 is 5.32 Å². The predicted octanol–water partition coefficient (Wildman–Crippen LogP) is 3.34. The Morgan fingerprint density at radius 2 is 2.11 bits per heavy atom. The van der Waals surface area contributed by atoms with Crippen LogP contribution in [0, 0.1) is 24.2 Å². The van der Waals surface area contributed by atoms with Crippen molar-refractivity contribution >= 4 is 5.69 Å². The van der Waals surface area contributed by atoms with E-state index >= 15 is 0 Å². The Balaban J connectivity index is 2.25. The molecule has 98 valence electrons. The van der Waals surface area contributed by atoms with E-state index in [9.17, 15) is 0 Å². The van der Waals surface area contributed by atoms with E-state index in [1.165, 1.54) is 0 Å². The van der Waals surface area contributed by atoms with E-state index in [-0.39, 0.29) is 0 Å². The molecule has 0 radical (unpaired) electrons. The highest BCUT2D eigenvalue weighted by Gasteiger charge is 1.99. The standard InChI is InChI=1S/C15H22N2O/c1-12(2)6-8-18-9-7-17-15-5-4-14(11-16)10-13(15)3/h4-5,10,12,17H,6-9H2,1-3H3. The number of nitrogens with one attached hydrogen (secondary N) is 1. The van der Waals surface area contributed by atoms with Crippen LogP contribution in [0.1, 0.15) is 31.4 Å². The van der Waals surface area contributed by atoms with Crippen molar-refractivity contribution < 1.29 is 4.74 Å². The molecule has 0 aliphatic heterocycles. The van der Waals surface area contributed by atoms with Gasteiger partial charge in [-0.1, -0.05) is 13.8 Å². The molecule has 0 heterocycles. The van der Waals surface area contributed by atoms with Gasteiger partial charge in [-0.25, -0.2) is 0 Å². The first-order chi connectivity index (χ1) is 8.63. The molecule has 0 bridgehead atoms. The lowest BCUT2D eigenvalue weighted by Gasteiger charge is -2.10. The fraction of sp³-hybridized carbons (Fsp3) is 0.533. The maximum Gasteiger partial charge on any atom is 0.0991 e. The van der Waals surface area contributed by atoms with E-state index in [4.69, 9.17) is 10.00 Å². The van der Waals surface area contributed by atoms with Crippen LogP contribution >= 0.6 is 0 Å². The highest BCUT2D eigenvalue weighted by Crippen LogP contribution is 2.15. The molecule has 0 atom stereocenters. The maximum atomic E-state index is 8.78. The van der Waals surface area contributed by atoms with Crippen LogP contribution in [0.4, 0.5) is 5.69 Å². The Hall–Kier alpha value is -1.53. The third-order valence-electron chi connectivity index (χ3n) is 2.76. The van der Waals surface area contributed by atoms with Crippen molar-refractivity contribution in [3.05, 3.63) is 29.3 Å². The molecule has 0 fully saturated rings. The van der Waals surface area contributed by atoms with Gasteiger partial charge >= 0.3 is 0 Å². The molecule has 3 heteroatoms. The second-order valence-electron chi connectivity index (χ2n) is 4.86. The number of aryl methyl sites for hydroxylation is 1. The summed E-state index contributed by atoms with van der Waals surface area (Å²) >= 11 is 0. The highest BCUT2D eigenvalue weighted by atomic mass is 16.5. The van der Waals surface area contributed by atoms with Crippen LogP contribution in [0.5, 0.6) is 0 Å². The quantitative estimate of drug-likeness (QED) is 0.750. The fourth-order valence-corrected chi connectivity index (χ4v) is 1.61. The smallest absolute Gasteiger partial charge is 0.0991 e. The fourth-order valence-electron chi connectivity index (χ4n) is 1.61. The Morgan fingerprint density at radius 1 is 1.33 bits per heavy atom. The van der Waals surface area contributed by atoms with Crippen molar-refractivity contribution in [2.45, 2.75) is 27.2 Å². The molecule has 1 aromatic carbocycles. The van der Waals surface area contributed by atoms with Crippen LogP contribution in [0.15, 0.2) is 18.2 Å². The van der Waals surface area contributed by atoms with Gasteiger partial charge in [0.15, 0.2) is 0 Å². The van der Waals surface area contributed by atoms with Gasteiger partial charge in [0.2, 0.25) is 0 Å². The molecule has 0 spiro atoms. The van der Waals surface area contributed by atoms with E-state index in [1.807, 2.05) is 25.1 Å².